The molecule has 0 radical (unpaired) electrons. The fourth-order valence-electron chi connectivity index (χ4n) is 1.18. The lowest BCUT2D eigenvalue weighted by atomic mass is 10.3. The number of halogens is 1. The van der Waals surface area contributed by atoms with Crippen LogP contribution in [0.15, 0.2) is 36.5 Å². The van der Waals surface area contributed by atoms with E-state index in [0.29, 0.717) is 28.0 Å². The van der Waals surface area contributed by atoms with Crippen molar-refractivity contribution in [2.24, 2.45) is 0 Å². The summed E-state index contributed by atoms with van der Waals surface area (Å²) in [6.07, 6.45) is 1.48. The van der Waals surface area contributed by atoms with Crippen molar-refractivity contribution in [3.05, 3.63) is 41.6 Å². The second-order valence-electron chi connectivity index (χ2n) is 3.22. The van der Waals surface area contributed by atoms with Gasteiger partial charge >= 0.3 is 0 Å². The van der Waals surface area contributed by atoms with E-state index in [0.717, 1.165) is 0 Å². The topological polar surface area (TPSA) is 74.2 Å². The largest absolute Gasteiger partial charge is 0.437 e. The molecule has 0 aliphatic heterocycles. The maximum atomic E-state index is 5.73. The molecule has 0 bridgehead atoms. The van der Waals surface area contributed by atoms with Crippen molar-refractivity contribution in [2.45, 2.75) is 0 Å². The van der Waals surface area contributed by atoms with E-state index in [1.54, 1.807) is 30.3 Å². The summed E-state index contributed by atoms with van der Waals surface area (Å²) in [4.78, 5) is 3.99. The minimum absolute atomic E-state index is 0.328. The Kier molecular flexibility index (Phi) is 2.83. The van der Waals surface area contributed by atoms with Gasteiger partial charge in [0.1, 0.15) is 5.75 Å². The second-order valence-corrected chi connectivity index (χ2v) is 3.66. The van der Waals surface area contributed by atoms with Gasteiger partial charge < -0.3 is 16.2 Å². The summed E-state index contributed by atoms with van der Waals surface area (Å²) in [6, 6.07) is 8.54. The molecule has 82 valence electrons. The number of nitrogen functional groups attached to an aromatic ring is 2. The van der Waals surface area contributed by atoms with Gasteiger partial charge in [-0.1, -0.05) is 11.6 Å². The van der Waals surface area contributed by atoms with Crippen molar-refractivity contribution in [2.75, 3.05) is 11.5 Å². The molecule has 5 heteroatoms. The number of hydrogen-bond donors (Lipinski definition) is 2. The monoisotopic (exact) mass is 235 g/mol. The highest BCUT2D eigenvalue weighted by Gasteiger charge is 2.04. The Morgan fingerprint density at radius 3 is 2.44 bits per heavy atom. The average Bonchev–Trinajstić information content (AvgIpc) is 2.25. The molecular formula is C11H10ClN3O. The fourth-order valence-corrected chi connectivity index (χ4v) is 1.34. The Morgan fingerprint density at radius 1 is 1.12 bits per heavy atom. The molecule has 0 unspecified atom stereocenters. The van der Waals surface area contributed by atoms with Crippen molar-refractivity contribution in [3.8, 4) is 11.6 Å². The van der Waals surface area contributed by atoms with E-state index >= 15 is 0 Å². The van der Waals surface area contributed by atoms with Gasteiger partial charge in [-0.2, -0.15) is 0 Å². The maximum absolute atomic E-state index is 5.73. The number of nitrogens with two attached hydrogens (primary N) is 2. The van der Waals surface area contributed by atoms with E-state index in [1.807, 2.05) is 0 Å². The standard InChI is InChI=1S/C11H10ClN3O/c12-7-5-10(14)11(15-6-7)16-9-3-1-8(13)2-4-9/h1-6H,13-14H2. The van der Waals surface area contributed by atoms with Crippen LogP contribution in [0.3, 0.4) is 0 Å². The van der Waals surface area contributed by atoms with Crippen LogP contribution < -0.4 is 16.2 Å². The first-order valence-corrected chi connectivity index (χ1v) is 4.97. The number of benzene rings is 1. The predicted molar refractivity (Wildman–Crippen MR) is 64.6 cm³/mol. The Balaban J connectivity index is 2.23. The van der Waals surface area contributed by atoms with Crippen LogP contribution in [0.2, 0.25) is 5.02 Å². The van der Waals surface area contributed by atoms with Crippen LogP contribution in [-0.4, -0.2) is 4.98 Å². The van der Waals surface area contributed by atoms with Crippen LogP contribution in [0.1, 0.15) is 0 Å². The highest BCUT2D eigenvalue weighted by molar-refractivity contribution is 6.30. The van der Waals surface area contributed by atoms with E-state index < -0.39 is 0 Å². The molecule has 0 amide bonds. The number of hydrogen-bond acceptors (Lipinski definition) is 4. The molecule has 4 nitrogen and oxygen atoms in total. The highest BCUT2D eigenvalue weighted by Crippen LogP contribution is 2.27. The number of aromatic nitrogens is 1. The van der Waals surface area contributed by atoms with Crippen molar-refractivity contribution >= 4 is 23.0 Å². The second kappa shape index (κ2) is 4.28. The fraction of sp³-hybridized carbons (Fsp3) is 0. The molecule has 2 aromatic rings. The molecule has 0 aliphatic carbocycles. The minimum atomic E-state index is 0.328. The van der Waals surface area contributed by atoms with Gasteiger partial charge in [-0.15, -0.1) is 0 Å². The zero-order chi connectivity index (χ0) is 11.5. The van der Waals surface area contributed by atoms with Crippen molar-refractivity contribution in [1.29, 1.82) is 0 Å². The summed E-state index contributed by atoms with van der Waals surface area (Å²) < 4.78 is 5.47. The molecular weight excluding hydrogens is 226 g/mol. The van der Waals surface area contributed by atoms with Crippen molar-refractivity contribution in [3.63, 3.8) is 0 Å². The minimum Gasteiger partial charge on any atom is -0.437 e. The molecule has 1 aromatic heterocycles. The molecule has 0 saturated carbocycles. The van der Waals surface area contributed by atoms with Crippen LogP contribution in [-0.2, 0) is 0 Å². The van der Waals surface area contributed by atoms with Gasteiger partial charge in [0.15, 0.2) is 0 Å². The third-order valence-electron chi connectivity index (χ3n) is 1.94. The normalized spacial score (nSPS) is 10.1. The first-order valence-electron chi connectivity index (χ1n) is 4.59. The van der Waals surface area contributed by atoms with Gasteiger partial charge in [0.25, 0.3) is 0 Å². The molecule has 0 spiro atoms. The molecule has 1 heterocycles. The zero-order valence-electron chi connectivity index (χ0n) is 8.35. The number of pyridine rings is 1. The van der Waals surface area contributed by atoms with Gasteiger partial charge in [0.05, 0.1) is 10.7 Å². The van der Waals surface area contributed by atoms with Crippen LogP contribution in [0, 0.1) is 0 Å². The first kappa shape index (κ1) is 10.6. The molecule has 0 aliphatic rings. The molecule has 1 aromatic carbocycles. The number of rotatable bonds is 2. The molecule has 16 heavy (non-hydrogen) atoms. The molecule has 0 fully saturated rings. The van der Waals surface area contributed by atoms with Gasteiger partial charge in [-0.05, 0) is 30.3 Å². The summed E-state index contributed by atoms with van der Waals surface area (Å²) in [5.41, 5.74) is 12.3. The number of ether oxygens (including phenoxy) is 1. The van der Waals surface area contributed by atoms with Crippen LogP contribution in [0.4, 0.5) is 11.4 Å². The number of nitrogens with zero attached hydrogens (tertiary/aromatic N) is 1. The lowest BCUT2D eigenvalue weighted by Gasteiger charge is -2.07. The van der Waals surface area contributed by atoms with E-state index in [9.17, 15) is 0 Å². The van der Waals surface area contributed by atoms with Gasteiger partial charge in [0, 0.05) is 11.9 Å². The Morgan fingerprint density at radius 2 is 1.81 bits per heavy atom. The van der Waals surface area contributed by atoms with Crippen LogP contribution in [0.5, 0.6) is 11.6 Å². The predicted octanol–water partition coefficient (Wildman–Crippen LogP) is 2.69. The van der Waals surface area contributed by atoms with Gasteiger partial charge in [-0.25, -0.2) is 4.98 Å². The molecule has 0 saturated heterocycles. The molecule has 0 atom stereocenters. The quantitative estimate of drug-likeness (QED) is 0.785. The lowest BCUT2D eigenvalue weighted by molar-refractivity contribution is 0.465. The maximum Gasteiger partial charge on any atom is 0.242 e. The average molecular weight is 236 g/mol. The highest BCUT2D eigenvalue weighted by atomic mass is 35.5. The zero-order valence-corrected chi connectivity index (χ0v) is 9.11. The van der Waals surface area contributed by atoms with Crippen LogP contribution in [0.25, 0.3) is 0 Å². The van der Waals surface area contributed by atoms with E-state index in [-0.39, 0.29) is 0 Å². The van der Waals surface area contributed by atoms with E-state index in [2.05, 4.69) is 4.98 Å². The lowest BCUT2D eigenvalue weighted by Crippen LogP contribution is -1.95. The summed E-state index contributed by atoms with van der Waals surface area (Å²) in [7, 11) is 0. The third-order valence-corrected chi connectivity index (χ3v) is 2.15. The molecule has 4 N–H and O–H groups in total. The Hall–Kier alpha value is -1.94. The first-order chi connectivity index (χ1) is 7.65. The Bertz CT molecular complexity index is 499. The molecule has 2 rings (SSSR count). The van der Waals surface area contributed by atoms with Crippen LogP contribution >= 0.6 is 11.6 Å². The summed E-state index contributed by atoms with van der Waals surface area (Å²) in [6.45, 7) is 0. The summed E-state index contributed by atoms with van der Waals surface area (Å²) >= 11 is 5.73. The van der Waals surface area contributed by atoms with Gasteiger partial charge in [-0.3, -0.25) is 0 Å². The van der Waals surface area contributed by atoms with Crippen molar-refractivity contribution in [1.82, 2.24) is 4.98 Å². The van der Waals surface area contributed by atoms with E-state index in [1.165, 1.54) is 6.20 Å². The van der Waals surface area contributed by atoms with Crippen molar-refractivity contribution < 1.29 is 4.74 Å². The smallest absolute Gasteiger partial charge is 0.242 e. The SMILES string of the molecule is Nc1ccc(Oc2ncc(Cl)cc2N)cc1. The van der Waals surface area contributed by atoms with E-state index in [4.69, 9.17) is 27.8 Å². The summed E-state index contributed by atoms with van der Waals surface area (Å²) in [5, 5.41) is 0.474. The third kappa shape index (κ3) is 2.35. The summed E-state index contributed by atoms with van der Waals surface area (Å²) in [5.74, 6) is 0.949. The number of anilines is 2. The Labute approximate surface area is 97.8 Å². The van der Waals surface area contributed by atoms with Gasteiger partial charge in [0.2, 0.25) is 5.88 Å².